The molecule has 2 aliphatic heterocycles. The highest BCUT2D eigenvalue weighted by Gasteiger charge is 2.23. The van der Waals surface area contributed by atoms with Gasteiger partial charge in [-0.25, -0.2) is 0 Å². The smallest absolute Gasteiger partial charge is 0.246 e. The van der Waals surface area contributed by atoms with E-state index in [0.717, 1.165) is 68.7 Å². The van der Waals surface area contributed by atoms with Crippen LogP contribution in [0.15, 0.2) is 66.7 Å². The number of carbonyl (C=O) groups is 1. The highest BCUT2D eigenvalue weighted by atomic mass is 16.5. The number of β-amino-alcohol motifs (C(OH)–C–C–N with tert-alkyl or cyclic N) is 1. The minimum atomic E-state index is -0.583. The van der Waals surface area contributed by atoms with Gasteiger partial charge in [0, 0.05) is 31.3 Å². The van der Waals surface area contributed by atoms with Gasteiger partial charge in [-0.05, 0) is 91.7 Å². The molecule has 0 spiro atoms. The molecule has 0 bridgehead atoms. The van der Waals surface area contributed by atoms with Gasteiger partial charge < -0.3 is 24.4 Å². The lowest BCUT2D eigenvalue weighted by Gasteiger charge is -2.33. The van der Waals surface area contributed by atoms with Gasteiger partial charge in [0.25, 0.3) is 0 Å². The summed E-state index contributed by atoms with van der Waals surface area (Å²) < 4.78 is 11.4. The Morgan fingerprint density at radius 2 is 1.72 bits per heavy atom. The fourth-order valence-electron chi connectivity index (χ4n) is 5.82. The third-order valence-corrected chi connectivity index (χ3v) is 8.10. The fourth-order valence-corrected chi connectivity index (χ4v) is 5.82. The molecular weight excluding hydrogens is 488 g/mol. The number of rotatable bonds is 9. The van der Waals surface area contributed by atoms with E-state index in [4.69, 9.17) is 9.47 Å². The summed E-state index contributed by atoms with van der Waals surface area (Å²) in [5.41, 5.74) is 3.17. The van der Waals surface area contributed by atoms with Crippen molar-refractivity contribution in [3.05, 3.63) is 77.9 Å². The molecule has 1 unspecified atom stereocenters. The zero-order chi connectivity index (χ0) is 27.2. The Labute approximate surface area is 231 Å². The van der Waals surface area contributed by atoms with E-state index in [1.165, 1.54) is 16.3 Å². The molecule has 0 aliphatic carbocycles. The highest BCUT2D eigenvalue weighted by molar-refractivity contribution is 5.95. The first kappa shape index (κ1) is 27.2. The quantitative estimate of drug-likeness (QED) is 0.372. The fraction of sp³-hybridized carbons (Fsp3) is 0.424. The Morgan fingerprint density at radius 1 is 1.00 bits per heavy atom. The molecule has 2 aliphatic rings. The Bertz CT molecular complexity index is 1310. The third kappa shape index (κ3) is 6.81. The number of allylic oxidation sites excluding steroid dienone is 1. The van der Waals surface area contributed by atoms with Crippen molar-refractivity contribution >= 4 is 22.3 Å². The second-order valence-electron chi connectivity index (χ2n) is 10.9. The van der Waals surface area contributed by atoms with Gasteiger partial charge in [-0.15, -0.1) is 0 Å². The number of methoxy groups -OCH3 is 1. The first-order chi connectivity index (χ1) is 19.0. The van der Waals surface area contributed by atoms with Crippen molar-refractivity contribution in [3.8, 4) is 11.5 Å². The number of hydrogen-bond acceptors (Lipinski definition) is 5. The van der Waals surface area contributed by atoms with Gasteiger partial charge in [0.1, 0.15) is 24.2 Å². The molecule has 6 heteroatoms. The van der Waals surface area contributed by atoms with Crippen LogP contribution in [0.25, 0.3) is 16.3 Å². The van der Waals surface area contributed by atoms with Gasteiger partial charge in [-0.3, -0.25) is 4.79 Å². The number of fused-ring (bicyclic) bond motifs is 1. The lowest BCUT2D eigenvalue weighted by atomic mass is 9.88. The zero-order valence-corrected chi connectivity index (χ0v) is 23.1. The second-order valence-corrected chi connectivity index (χ2v) is 10.9. The van der Waals surface area contributed by atoms with E-state index in [1.54, 1.807) is 13.2 Å². The number of hydrogen-bond donors (Lipinski definition) is 1. The summed E-state index contributed by atoms with van der Waals surface area (Å²) in [6, 6.07) is 20.7. The first-order valence-corrected chi connectivity index (χ1v) is 14.2. The van der Waals surface area contributed by atoms with Crippen molar-refractivity contribution in [2.24, 2.45) is 0 Å². The maximum Gasteiger partial charge on any atom is 0.246 e. The SMILES string of the molecule is COc1ccc2cc(C3CCN(CC(O)COc4ccccc4C(C)=CC(=O)N4CCCC4)CC3)ccc2c1. The van der Waals surface area contributed by atoms with Gasteiger partial charge in [0.2, 0.25) is 5.91 Å². The van der Waals surface area contributed by atoms with E-state index in [-0.39, 0.29) is 12.5 Å². The molecule has 206 valence electrons. The summed E-state index contributed by atoms with van der Waals surface area (Å²) in [5, 5.41) is 13.2. The van der Waals surface area contributed by atoms with Crippen LogP contribution in [0, 0.1) is 0 Å². The Kier molecular flexibility index (Phi) is 8.84. The molecule has 0 saturated carbocycles. The number of ether oxygens (including phenoxy) is 2. The minimum absolute atomic E-state index is 0.0622. The predicted octanol–water partition coefficient (Wildman–Crippen LogP) is 5.49. The Hall–Kier alpha value is -3.35. The average molecular weight is 529 g/mol. The number of aliphatic hydroxyl groups is 1. The summed E-state index contributed by atoms with van der Waals surface area (Å²) >= 11 is 0. The lowest BCUT2D eigenvalue weighted by Crippen LogP contribution is -2.40. The Morgan fingerprint density at radius 3 is 2.49 bits per heavy atom. The molecule has 5 rings (SSSR count). The van der Waals surface area contributed by atoms with Crippen molar-refractivity contribution in [2.45, 2.75) is 44.6 Å². The summed E-state index contributed by atoms with van der Waals surface area (Å²) in [7, 11) is 1.70. The normalized spacial score (nSPS) is 17.9. The molecule has 2 saturated heterocycles. The van der Waals surface area contributed by atoms with Crippen molar-refractivity contribution in [1.82, 2.24) is 9.80 Å². The summed E-state index contributed by atoms with van der Waals surface area (Å²) in [4.78, 5) is 16.8. The van der Waals surface area contributed by atoms with Gasteiger partial charge in [-0.1, -0.05) is 42.5 Å². The molecule has 3 aromatic rings. The van der Waals surface area contributed by atoms with E-state index in [1.807, 2.05) is 42.2 Å². The minimum Gasteiger partial charge on any atom is -0.497 e. The molecular formula is C33H40N2O4. The van der Waals surface area contributed by atoms with Crippen LogP contribution in [0.2, 0.25) is 0 Å². The van der Waals surface area contributed by atoms with E-state index in [2.05, 4.69) is 35.2 Å². The molecule has 1 N–H and O–H groups in total. The molecule has 39 heavy (non-hydrogen) atoms. The number of likely N-dealkylation sites (tertiary alicyclic amines) is 2. The average Bonchev–Trinajstić information content (AvgIpc) is 3.51. The number of benzene rings is 3. The number of piperidine rings is 1. The maximum atomic E-state index is 12.6. The van der Waals surface area contributed by atoms with Crippen LogP contribution in [-0.4, -0.2) is 73.4 Å². The van der Waals surface area contributed by atoms with Crippen LogP contribution >= 0.6 is 0 Å². The molecule has 0 aromatic heterocycles. The molecule has 2 heterocycles. The molecule has 6 nitrogen and oxygen atoms in total. The predicted molar refractivity (Wildman–Crippen MR) is 156 cm³/mol. The van der Waals surface area contributed by atoms with Crippen LogP contribution in [-0.2, 0) is 4.79 Å². The Balaban J connectivity index is 1.12. The van der Waals surface area contributed by atoms with Crippen LogP contribution < -0.4 is 9.47 Å². The number of para-hydroxylation sites is 1. The maximum absolute atomic E-state index is 12.6. The molecule has 2 fully saturated rings. The number of amides is 1. The van der Waals surface area contributed by atoms with Gasteiger partial charge in [0.15, 0.2) is 0 Å². The molecule has 1 atom stereocenters. The van der Waals surface area contributed by atoms with E-state index < -0.39 is 6.10 Å². The lowest BCUT2D eigenvalue weighted by molar-refractivity contribution is -0.124. The van der Waals surface area contributed by atoms with Crippen LogP contribution in [0.5, 0.6) is 11.5 Å². The molecule has 0 radical (unpaired) electrons. The van der Waals surface area contributed by atoms with Crippen LogP contribution in [0.1, 0.15) is 49.7 Å². The number of carbonyl (C=O) groups excluding carboxylic acids is 1. The molecule has 3 aromatic carbocycles. The zero-order valence-electron chi connectivity index (χ0n) is 23.1. The second kappa shape index (κ2) is 12.7. The molecule has 1 amide bonds. The van der Waals surface area contributed by atoms with E-state index in [9.17, 15) is 9.90 Å². The van der Waals surface area contributed by atoms with Crippen molar-refractivity contribution in [3.63, 3.8) is 0 Å². The van der Waals surface area contributed by atoms with Crippen LogP contribution in [0.4, 0.5) is 0 Å². The van der Waals surface area contributed by atoms with E-state index >= 15 is 0 Å². The summed E-state index contributed by atoms with van der Waals surface area (Å²) in [6.07, 6.45) is 5.43. The largest absolute Gasteiger partial charge is 0.497 e. The summed E-state index contributed by atoms with van der Waals surface area (Å²) in [5.74, 6) is 2.18. The first-order valence-electron chi connectivity index (χ1n) is 14.2. The van der Waals surface area contributed by atoms with Gasteiger partial charge >= 0.3 is 0 Å². The van der Waals surface area contributed by atoms with E-state index in [0.29, 0.717) is 18.2 Å². The van der Waals surface area contributed by atoms with Gasteiger partial charge in [0.05, 0.1) is 7.11 Å². The number of nitrogens with zero attached hydrogens (tertiary/aromatic N) is 2. The number of aliphatic hydroxyl groups excluding tert-OH is 1. The van der Waals surface area contributed by atoms with Crippen molar-refractivity contribution in [2.75, 3.05) is 46.4 Å². The highest BCUT2D eigenvalue weighted by Crippen LogP contribution is 2.31. The third-order valence-electron chi connectivity index (χ3n) is 8.10. The van der Waals surface area contributed by atoms with Crippen molar-refractivity contribution < 1.29 is 19.4 Å². The summed E-state index contributed by atoms with van der Waals surface area (Å²) in [6.45, 7) is 6.35. The standard InChI is InChI=1S/C33H40N2O4/c1-24(19-33(37)35-15-5-6-16-35)31-7-3-4-8-32(31)39-23-29(36)22-34-17-13-25(14-18-34)26-9-10-28-21-30(38-2)12-11-27(28)20-26/h3-4,7-12,19-21,25,29,36H,5-6,13-18,22-23H2,1-2H3. The van der Waals surface area contributed by atoms with Crippen molar-refractivity contribution in [1.29, 1.82) is 0 Å². The van der Waals surface area contributed by atoms with Gasteiger partial charge in [-0.2, -0.15) is 0 Å². The topological polar surface area (TPSA) is 62.2 Å². The monoisotopic (exact) mass is 528 g/mol. The van der Waals surface area contributed by atoms with Crippen LogP contribution in [0.3, 0.4) is 0 Å².